The van der Waals surface area contributed by atoms with Gasteiger partial charge in [-0.3, -0.25) is 0 Å². The Balaban J connectivity index is 2.00. The molecule has 0 saturated heterocycles. The van der Waals surface area contributed by atoms with Gasteiger partial charge in [0.2, 0.25) is 0 Å². The Morgan fingerprint density at radius 2 is 1.80 bits per heavy atom. The summed E-state index contributed by atoms with van der Waals surface area (Å²) in [6.45, 7) is 0.773. The zero-order chi connectivity index (χ0) is 14.4. The molecule has 0 fully saturated rings. The van der Waals surface area contributed by atoms with Gasteiger partial charge in [-0.2, -0.15) is 0 Å². The summed E-state index contributed by atoms with van der Waals surface area (Å²) in [6.07, 6.45) is 1.95. The van der Waals surface area contributed by atoms with Crippen molar-refractivity contribution in [2.45, 2.75) is 17.7 Å². The molecule has 0 saturated carbocycles. The van der Waals surface area contributed by atoms with Crippen LogP contribution in [0.15, 0.2) is 53.0 Å². The van der Waals surface area contributed by atoms with Crippen molar-refractivity contribution in [1.82, 2.24) is 0 Å². The second-order valence-corrected chi connectivity index (χ2v) is 6.81. The summed E-state index contributed by atoms with van der Waals surface area (Å²) in [5.74, 6) is 0. The van der Waals surface area contributed by atoms with Crippen LogP contribution in [0.1, 0.15) is 21.5 Å². The third kappa shape index (κ3) is 4.72. The van der Waals surface area contributed by atoms with Gasteiger partial charge in [-0.25, -0.2) is 0 Å². The fourth-order valence-corrected chi connectivity index (χ4v) is 3.23. The van der Waals surface area contributed by atoms with Crippen molar-refractivity contribution in [2.24, 2.45) is 0 Å². The maximum Gasteiger partial charge on any atom is 0.0502 e. The molecule has 0 aliphatic carbocycles. The SMILES string of the molecule is COCCc1ccc(C(Br)Cc2cccc(Br)c2)cc1. The third-order valence-electron chi connectivity index (χ3n) is 3.24. The van der Waals surface area contributed by atoms with E-state index in [2.05, 4.69) is 80.4 Å². The number of alkyl halides is 1. The molecule has 2 rings (SSSR count). The maximum atomic E-state index is 5.10. The molecule has 0 heterocycles. The Labute approximate surface area is 137 Å². The van der Waals surface area contributed by atoms with Crippen LogP contribution in [0.25, 0.3) is 0 Å². The standard InChI is InChI=1S/C17H18Br2O/c1-20-10-9-13-5-7-15(8-6-13)17(19)12-14-3-2-4-16(18)11-14/h2-8,11,17H,9-10,12H2,1H3. The summed E-state index contributed by atoms with van der Waals surface area (Å²) in [6, 6.07) is 17.2. The van der Waals surface area contributed by atoms with E-state index in [1.165, 1.54) is 16.7 Å². The smallest absolute Gasteiger partial charge is 0.0502 e. The van der Waals surface area contributed by atoms with Crippen molar-refractivity contribution in [2.75, 3.05) is 13.7 Å². The molecule has 1 unspecified atom stereocenters. The first-order valence-corrected chi connectivity index (χ1v) is 8.36. The van der Waals surface area contributed by atoms with Gasteiger partial charge in [-0.15, -0.1) is 0 Å². The van der Waals surface area contributed by atoms with Crippen molar-refractivity contribution in [3.05, 3.63) is 69.7 Å². The zero-order valence-electron chi connectivity index (χ0n) is 11.5. The molecule has 2 aromatic rings. The van der Waals surface area contributed by atoms with E-state index < -0.39 is 0 Å². The Bertz CT molecular complexity index is 537. The molecule has 0 aliphatic rings. The van der Waals surface area contributed by atoms with E-state index in [9.17, 15) is 0 Å². The summed E-state index contributed by atoms with van der Waals surface area (Å²) in [7, 11) is 1.74. The van der Waals surface area contributed by atoms with Crippen LogP contribution in [0.3, 0.4) is 0 Å². The Kier molecular flexibility index (Phi) is 6.27. The van der Waals surface area contributed by atoms with Crippen LogP contribution in [0, 0.1) is 0 Å². The van der Waals surface area contributed by atoms with Gasteiger partial charge in [0, 0.05) is 16.4 Å². The lowest BCUT2D eigenvalue weighted by Gasteiger charge is -2.11. The fraction of sp³-hybridized carbons (Fsp3) is 0.294. The van der Waals surface area contributed by atoms with E-state index in [-0.39, 0.29) is 0 Å². The molecule has 0 amide bonds. The number of ether oxygens (including phenoxy) is 1. The quantitative estimate of drug-likeness (QED) is 0.599. The number of hydrogen-bond donors (Lipinski definition) is 0. The lowest BCUT2D eigenvalue weighted by molar-refractivity contribution is 0.202. The molecular formula is C17H18Br2O. The molecule has 1 atom stereocenters. The van der Waals surface area contributed by atoms with Gasteiger partial charge < -0.3 is 4.74 Å². The number of hydrogen-bond acceptors (Lipinski definition) is 1. The normalized spacial score (nSPS) is 12.3. The number of benzene rings is 2. The number of rotatable bonds is 6. The first-order valence-electron chi connectivity index (χ1n) is 6.65. The molecular weight excluding hydrogens is 380 g/mol. The van der Waals surface area contributed by atoms with E-state index in [4.69, 9.17) is 4.74 Å². The van der Waals surface area contributed by atoms with E-state index in [1.54, 1.807) is 7.11 Å². The summed E-state index contributed by atoms with van der Waals surface area (Å²) in [4.78, 5) is 0.341. The predicted octanol–water partition coefficient (Wildman–Crippen LogP) is 5.32. The minimum atomic E-state index is 0.341. The molecule has 1 nitrogen and oxygen atoms in total. The minimum absolute atomic E-state index is 0.341. The molecule has 3 heteroatoms. The van der Waals surface area contributed by atoms with Gasteiger partial charge in [0.05, 0.1) is 6.61 Å². The summed E-state index contributed by atoms with van der Waals surface area (Å²) in [5.41, 5.74) is 3.95. The Hall–Kier alpha value is -0.640. The molecule has 0 N–H and O–H groups in total. The molecule has 0 aromatic heterocycles. The van der Waals surface area contributed by atoms with E-state index in [0.717, 1.165) is 23.9 Å². The number of halogens is 2. The second-order valence-electron chi connectivity index (χ2n) is 4.79. The van der Waals surface area contributed by atoms with Crippen LogP contribution < -0.4 is 0 Å². The van der Waals surface area contributed by atoms with Crippen molar-refractivity contribution in [3.63, 3.8) is 0 Å². The van der Waals surface area contributed by atoms with E-state index in [0.29, 0.717) is 4.83 Å². The Morgan fingerprint density at radius 3 is 2.45 bits per heavy atom. The van der Waals surface area contributed by atoms with Crippen molar-refractivity contribution >= 4 is 31.9 Å². The highest BCUT2D eigenvalue weighted by molar-refractivity contribution is 9.10. The topological polar surface area (TPSA) is 9.23 Å². The first-order chi connectivity index (χ1) is 9.69. The van der Waals surface area contributed by atoms with Gasteiger partial charge in [-0.1, -0.05) is 68.3 Å². The predicted molar refractivity (Wildman–Crippen MR) is 91.5 cm³/mol. The maximum absolute atomic E-state index is 5.10. The van der Waals surface area contributed by atoms with Crippen molar-refractivity contribution < 1.29 is 4.74 Å². The highest BCUT2D eigenvalue weighted by atomic mass is 79.9. The molecule has 0 bridgehead atoms. The second kappa shape index (κ2) is 7.96. The molecule has 20 heavy (non-hydrogen) atoms. The van der Waals surface area contributed by atoms with Crippen LogP contribution in [0.5, 0.6) is 0 Å². The van der Waals surface area contributed by atoms with E-state index in [1.807, 2.05) is 0 Å². The molecule has 0 aliphatic heterocycles. The van der Waals surface area contributed by atoms with Gasteiger partial charge in [0.1, 0.15) is 0 Å². The third-order valence-corrected chi connectivity index (χ3v) is 4.59. The highest BCUT2D eigenvalue weighted by Crippen LogP contribution is 2.28. The minimum Gasteiger partial charge on any atom is -0.384 e. The van der Waals surface area contributed by atoms with Crippen LogP contribution in [-0.4, -0.2) is 13.7 Å². The summed E-state index contributed by atoms with van der Waals surface area (Å²) >= 11 is 7.30. The number of methoxy groups -OCH3 is 1. The van der Waals surface area contributed by atoms with Crippen LogP contribution in [-0.2, 0) is 17.6 Å². The summed E-state index contributed by atoms with van der Waals surface area (Å²) in [5, 5.41) is 0. The molecule has 2 aromatic carbocycles. The largest absolute Gasteiger partial charge is 0.384 e. The zero-order valence-corrected chi connectivity index (χ0v) is 14.7. The Morgan fingerprint density at radius 1 is 1.05 bits per heavy atom. The van der Waals surface area contributed by atoms with Crippen LogP contribution >= 0.6 is 31.9 Å². The van der Waals surface area contributed by atoms with E-state index >= 15 is 0 Å². The van der Waals surface area contributed by atoms with Crippen LogP contribution in [0.4, 0.5) is 0 Å². The van der Waals surface area contributed by atoms with Gasteiger partial charge in [0.25, 0.3) is 0 Å². The lowest BCUT2D eigenvalue weighted by Crippen LogP contribution is -1.98. The summed E-state index contributed by atoms with van der Waals surface area (Å²) < 4.78 is 6.23. The fourth-order valence-electron chi connectivity index (χ4n) is 2.10. The molecule has 0 radical (unpaired) electrons. The average Bonchev–Trinajstić information content (AvgIpc) is 2.45. The highest BCUT2D eigenvalue weighted by Gasteiger charge is 2.08. The van der Waals surface area contributed by atoms with Crippen molar-refractivity contribution in [3.8, 4) is 0 Å². The van der Waals surface area contributed by atoms with Gasteiger partial charge in [-0.05, 0) is 41.7 Å². The van der Waals surface area contributed by atoms with Crippen LogP contribution in [0.2, 0.25) is 0 Å². The first kappa shape index (κ1) is 15.7. The lowest BCUT2D eigenvalue weighted by atomic mass is 10.0. The molecule has 0 spiro atoms. The molecule has 106 valence electrons. The van der Waals surface area contributed by atoms with Gasteiger partial charge >= 0.3 is 0 Å². The van der Waals surface area contributed by atoms with Crippen molar-refractivity contribution in [1.29, 1.82) is 0 Å². The van der Waals surface area contributed by atoms with Gasteiger partial charge in [0.15, 0.2) is 0 Å². The monoisotopic (exact) mass is 396 g/mol. The average molecular weight is 398 g/mol.